The van der Waals surface area contributed by atoms with Crippen LogP contribution in [0.1, 0.15) is 31.2 Å². The average molecular weight is 261 g/mol. The van der Waals surface area contributed by atoms with Gasteiger partial charge in [-0.3, -0.25) is 9.59 Å². The summed E-state index contributed by atoms with van der Waals surface area (Å²) in [5.74, 6) is -0.507. The number of carboxylic acids is 1. The molecule has 0 radical (unpaired) electrons. The van der Waals surface area contributed by atoms with E-state index in [9.17, 15) is 9.59 Å². The van der Waals surface area contributed by atoms with Crippen molar-refractivity contribution in [3.8, 4) is 0 Å². The Bertz CT molecular complexity index is 444. The molecule has 0 bridgehead atoms. The summed E-state index contributed by atoms with van der Waals surface area (Å²) >= 11 is 0. The molecule has 1 saturated heterocycles. The number of carbonyl (C=O) groups is 2. The minimum atomic E-state index is -0.769. The topological polar surface area (TPSA) is 57.6 Å². The predicted octanol–water partition coefficient (Wildman–Crippen LogP) is 2.29. The molecule has 2 rings (SSSR count). The number of carbonyl (C=O) groups excluding carboxylic acids is 1. The van der Waals surface area contributed by atoms with Gasteiger partial charge in [0.2, 0.25) is 5.91 Å². The fourth-order valence-corrected chi connectivity index (χ4v) is 2.52. The highest BCUT2D eigenvalue weighted by Crippen LogP contribution is 2.22. The number of hydrogen-bond acceptors (Lipinski definition) is 2. The van der Waals surface area contributed by atoms with Crippen molar-refractivity contribution in [2.75, 3.05) is 6.54 Å². The summed E-state index contributed by atoms with van der Waals surface area (Å²) in [6.07, 6.45) is 2.11. The highest BCUT2D eigenvalue weighted by Gasteiger charge is 2.23. The molecule has 1 atom stereocenters. The Morgan fingerprint density at radius 2 is 2.00 bits per heavy atom. The first kappa shape index (κ1) is 13.6. The second-order valence-corrected chi connectivity index (χ2v) is 5.09. The van der Waals surface area contributed by atoms with Gasteiger partial charge >= 0.3 is 5.97 Å². The summed E-state index contributed by atoms with van der Waals surface area (Å²) in [5.41, 5.74) is 1.12. The van der Waals surface area contributed by atoms with E-state index in [1.165, 1.54) is 0 Å². The second kappa shape index (κ2) is 6.36. The lowest BCUT2D eigenvalue weighted by Crippen LogP contribution is -2.29. The minimum Gasteiger partial charge on any atom is -0.481 e. The summed E-state index contributed by atoms with van der Waals surface area (Å²) in [6, 6.07) is 9.90. The van der Waals surface area contributed by atoms with E-state index in [2.05, 4.69) is 0 Å². The largest absolute Gasteiger partial charge is 0.481 e. The molecule has 19 heavy (non-hydrogen) atoms. The highest BCUT2D eigenvalue weighted by atomic mass is 16.4. The third-order valence-corrected chi connectivity index (χ3v) is 3.61. The lowest BCUT2D eigenvalue weighted by atomic mass is 9.97. The Balaban J connectivity index is 1.95. The van der Waals surface area contributed by atoms with Crippen molar-refractivity contribution in [2.24, 2.45) is 5.92 Å². The van der Waals surface area contributed by atoms with Crippen LogP contribution in [-0.4, -0.2) is 28.4 Å². The molecule has 0 spiro atoms. The molecular formula is C15H19NO3. The van der Waals surface area contributed by atoms with Crippen LogP contribution in [0.25, 0.3) is 0 Å². The Labute approximate surface area is 113 Å². The molecule has 4 nitrogen and oxygen atoms in total. The van der Waals surface area contributed by atoms with E-state index < -0.39 is 5.97 Å². The number of hydrogen-bond donors (Lipinski definition) is 1. The molecule has 102 valence electrons. The molecule has 0 aromatic heterocycles. The van der Waals surface area contributed by atoms with Gasteiger partial charge < -0.3 is 10.0 Å². The van der Waals surface area contributed by atoms with Gasteiger partial charge in [-0.2, -0.15) is 0 Å². The van der Waals surface area contributed by atoms with Gasteiger partial charge in [0.15, 0.2) is 0 Å². The van der Waals surface area contributed by atoms with Gasteiger partial charge in [0, 0.05) is 25.9 Å². The highest BCUT2D eigenvalue weighted by molar-refractivity contribution is 5.76. The van der Waals surface area contributed by atoms with Crippen molar-refractivity contribution in [2.45, 2.75) is 32.2 Å². The third kappa shape index (κ3) is 4.09. The average Bonchev–Trinajstić information content (AvgIpc) is 2.55. The van der Waals surface area contributed by atoms with Gasteiger partial charge in [-0.15, -0.1) is 0 Å². The number of rotatable bonds is 4. The summed E-state index contributed by atoms with van der Waals surface area (Å²) < 4.78 is 0. The van der Waals surface area contributed by atoms with Crippen molar-refractivity contribution in [1.29, 1.82) is 0 Å². The van der Waals surface area contributed by atoms with Crippen LogP contribution in [-0.2, 0) is 16.1 Å². The molecule has 0 saturated carbocycles. The molecule has 1 unspecified atom stereocenters. The smallest absolute Gasteiger partial charge is 0.303 e. The van der Waals surface area contributed by atoms with E-state index in [1.54, 1.807) is 0 Å². The number of aliphatic carboxylic acids is 1. The third-order valence-electron chi connectivity index (χ3n) is 3.61. The molecule has 1 N–H and O–H groups in total. The van der Waals surface area contributed by atoms with Gasteiger partial charge in [0.05, 0.1) is 0 Å². The van der Waals surface area contributed by atoms with Crippen LogP contribution in [0.4, 0.5) is 0 Å². The maximum absolute atomic E-state index is 12.0. The number of carboxylic acid groups (broad SMARTS) is 1. The predicted molar refractivity (Wildman–Crippen MR) is 71.5 cm³/mol. The summed E-state index contributed by atoms with van der Waals surface area (Å²) in [4.78, 5) is 24.6. The number of nitrogens with zero attached hydrogens (tertiary/aromatic N) is 1. The zero-order valence-electron chi connectivity index (χ0n) is 10.9. The zero-order valence-corrected chi connectivity index (χ0v) is 10.9. The maximum atomic E-state index is 12.0. The van der Waals surface area contributed by atoms with E-state index in [0.29, 0.717) is 25.9 Å². The van der Waals surface area contributed by atoms with Crippen molar-refractivity contribution in [1.82, 2.24) is 4.90 Å². The normalized spacial score (nSPS) is 20.1. The van der Waals surface area contributed by atoms with Crippen LogP contribution in [0.2, 0.25) is 0 Å². The summed E-state index contributed by atoms with van der Waals surface area (Å²) in [7, 11) is 0. The molecule has 1 aliphatic rings. The quantitative estimate of drug-likeness (QED) is 0.904. The van der Waals surface area contributed by atoms with Crippen molar-refractivity contribution < 1.29 is 14.7 Å². The van der Waals surface area contributed by atoms with Crippen molar-refractivity contribution >= 4 is 11.9 Å². The van der Waals surface area contributed by atoms with Gasteiger partial charge in [-0.25, -0.2) is 0 Å². The first-order valence-electron chi connectivity index (χ1n) is 6.68. The van der Waals surface area contributed by atoms with E-state index in [4.69, 9.17) is 5.11 Å². The monoisotopic (exact) mass is 261 g/mol. The van der Waals surface area contributed by atoms with Gasteiger partial charge in [0.1, 0.15) is 0 Å². The van der Waals surface area contributed by atoms with Gasteiger partial charge in [0.25, 0.3) is 0 Å². The van der Waals surface area contributed by atoms with Crippen LogP contribution in [0.3, 0.4) is 0 Å². The van der Waals surface area contributed by atoms with E-state index in [0.717, 1.165) is 12.0 Å². The fourth-order valence-electron chi connectivity index (χ4n) is 2.52. The van der Waals surface area contributed by atoms with Crippen molar-refractivity contribution in [3.63, 3.8) is 0 Å². The summed E-state index contributed by atoms with van der Waals surface area (Å²) in [6.45, 7) is 1.28. The summed E-state index contributed by atoms with van der Waals surface area (Å²) in [5, 5.41) is 8.83. The Hall–Kier alpha value is -1.84. The molecule has 1 aromatic carbocycles. The standard InChI is InChI=1S/C15H19NO3/c17-14-7-6-12(10-15(18)19)8-9-16(14)11-13-4-2-1-3-5-13/h1-5,12H,6-11H2,(H,18,19). The van der Waals surface area contributed by atoms with Crippen molar-refractivity contribution in [3.05, 3.63) is 35.9 Å². The Kier molecular flexibility index (Phi) is 4.55. The molecule has 1 heterocycles. The zero-order chi connectivity index (χ0) is 13.7. The molecule has 1 aromatic rings. The molecule has 0 aliphatic carbocycles. The Morgan fingerprint density at radius 1 is 1.26 bits per heavy atom. The maximum Gasteiger partial charge on any atom is 0.303 e. The number of benzene rings is 1. The van der Waals surface area contributed by atoms with E-state index in [1.807, 2.05) is 35.2 Å². The van der Waals surface area contributed by atoms with Gasteiger partial charge in [-0.1, -0.05) is 30.3 Å². The van der Waals surface area contributed by atoms with Crippen LogP contribution in [0.5, 0.6) is 0 Å². The SMILES string of the molecule is O=C(O)CC1CCC(=O)N(Cc2ccccc2)CC1. The second-order valence-electron chi connectivity index (χ2n) is 5.09. The first-order valence-corrected chi connectivity index (χ1v) is 6.68. The molecule has 4 heteroatoms. The number of likely N-dealkylation sites (tertiary alicyclic amines) is 1. The van der Waals surface area contributed by atoms with Crippen LogP contribution in [0.15, 0.2) is 30.3 Å². The number of amides is 1. The lowest BCUT2D eigenvalue weighted by Gasteiger charge is -2.20. The minimum absolute atomic E-state index is 0.127. The Morgan fingerprint density at radius 3 is 2.68 bits per heavy atom. The molecule has 1 amide bonds. The van der Waals surface area contributed by atoms with E-state index in [-0.39, 0.29) is 18.2 Å². The molecule has 1 fully saturated rings. The van der Waals surface area contributed by atoms with Gasteiger partial charge in [-0.05, 0) is 24.3 Å². The molecular weight excluding hydrogens is 242 g/mol. The van der Waals surface area contributed by atoms with Crippen LogP contribution >= 0.6 is 0 Å². The lowest BCUT2D eigenvalue weighted by molar-refractivity contribution is -0.138. The van der Waals surface area contributed by atoms with Crippen LogP contribution < -0.4 is 0 Å². The van der Waals surface area contributed by atoms with E-state index >= 15 is 0 Å². The fraction of sp³-hybridized carbons (Fsp3) is 0.467. The van der Waals surface area contributed by atoms with Crippen LogP contribution in [0, 0.1) is 5.92 Å². The first-order chi connectivity index (χ1) is 9.15. The molecule has 1 aliphatic heterocycles.